The number of aromatic nitrogens is 4. The summed E-state index contributed by atoms with van der Waals surface area (Å²) in [6, 6.07) is 48.4. The van der Waals surface area contributed by atoms with Crippen LogP contribution in [0.2, 0.25) is 0 Å². The van der Waals surface area contributed by atoms with Crippen molar-refractivity contribution < 1.29 is 4.42 Å². The van der Waals surface area contributed by atoms with Gasteiger partial charge in [-0.05, 0) is 77.9 Å². The van der Waals surface area contributed by atoms with Crippen LogP contribution >= 0.6 is 11.3 Å². The maximum Gasteiger partial charge on any atom is 0.164 e. The Kier molecular flexibility index (Phi) is 6.31. The van der Waals surface area contributed by atoms with E-state index in [4.69, 9.17) is 19.4 Å². The molecule has 4 aromatic heterocycles. The first-order chi connectivity index (χ1) is 25.7. The van der Waals surface area contributed by atoms with E-state index in [2.05, 4.69) is 115 Å². The average molecular weight is 685 g/mol. The summed E-state index contributed by atoms with van der Waals surface area (Å²) >= 11 is 1.84. The molecule has 5 nitrogen and oxygen atoms in total. The maximum atomic E-state index is 6.30. The Morgan fingerprint density at radius 3 is 2.37 bits per heavy atom. The summed E-state index contributed by atoms with van der Waals surface area (Å²) in [7, 11) is 0. The minimum absolute atomic E-state index is 0.533. The van der Waals surface area contributed by atoms with Crippen molar-refractivity contribution >= 4 is 71.2 Å². The molecule has 244 valence electrons. The fourth-order valence-corrected chi connectivity index (χ4v) is 9.11. The first-order valence-electron chi connectivity index (χ1n) is 17.5. The van der Waals surface area contributed by atoms with Crippen LogP contribution in [-0.4, -0.2) is 19.5 Å². The number of fused-ring (bicyclic) bond motifs is 9. The van der Waals surface area contributed by atoms with Crippen LogP contribution in [0.25, 0.3) is 99.8 Å². The van der Waals surface area contributed by atoms with Crippen LogP contribution in [0.1, 0.15) is 17.4 Å². The second-order valence-corrected chi connectivity index (χ2v) is 14.6. The molecule has 0 bridgehead atoms. The van der Waals surface area contributed by atoms with E-state index in [1.807, 2.05) is 53.8 Å². The van der Waals surface area contributed by atoms with Crippen LogP contribution in [-0.2, 0) is 6.42 Å². The molecule has 4 heterocycles. The van der Waals surface area contributed by atoms with Gasteiger partial charge >= 0.3 is 0 Å². The molecule has 0 amide bonds. The second-order valence-electron chi connectivity index (χ2n) is 13.5. The molecular formula is C46H28N4OS. The number of allylic oxidation sites excluding steroid dienone is 1. The van der Waals surface area contributed by atoms with Crippen LogP contribution in [0.4, 0.5) is 0 Å². The van der Waals surface area contributed by atoms with Gasteiger partial charge in [-0.1, -0.05) is 97.9 Å². The van der Waals surface area contributed by atoms with E-state index in [0.29, 0.717) is 23.4 Å². The number of benzene rings is 5. The highest BCUT2D eigenvalue weighted by molar-refractivity contribution is 7.20. The van der Waals surface area contributed by atoms with Crippen molar-refractivity contribution in [2.45, 2.75) is 13.3 Å². The first kappa shape index (κ1) is 29.2. The number of nitrogens with zero attached hydrogens (tertiary/aromatic N) is 4. The number of thiophene rings is 1. The molecule has 1 aliphatic carbocycles. The molecule has 0 saturated carbocycles. The Labute approximate surface area is 303 Å². The second kappa shape index (κ2) is 11.2. The summed E-state index contributed by atoms with van der Waals surface area (Å²) in [4.78, 5) is 17.2. The fraction of sp³-hybridized carbons (Fsp3) is 0.0652. The lowest BCUT2D eigenvalue weighted by atomic mass is 9.93. The van der Waals surface area contributed by atoms with E-state index in [0.717, 1.165) is 72.5 Å². The zero-order valence-electron chi connectivity index (χ0n) is 28.1. The highest BCUT2D eigenvalue weighted by Gasteiger charge is 2.22. The molecule has 52 heavy (non-hydrogen) atoms. The summed E-state index contributed by atoms with van der Waals surface area (Å²) in [5.41, 5.74) is 9.01. The number of para-hydroxylation sites is 2. The highest BCUT2D eigenvalue weighted by Crippen LogP contribution is 2.42. The number of hydrogen-bond donors (Lipinski definition) is 0. The molecule has 0 fully saturated rings. The highest BCUT2D eigenvalue weighted by atomic mass is 32.1. The largest absolute Gasteiger partial charge is 0.456 e. The Balaban J connectivity index is 1.19. The molecule has 10 aromatic rings. The van der Waals surface area contributed by atoms with Gasteiger partial charge in [0, 0.05) is 48.1 Å². The van der Waals surface area contributed by atoms with Crippen molar-refractivity contribution in [3.63, 3.8) is 0 Å². The van der Waals surface area contributed by atoms with Gasteiger partial charge in [-0.2, -0.15) is 0 Å². The minimum Gasteiger partial charge on any atom is -0.456 e. The lowest BCUT2D eigenvalue weighted by Crippen LogP contribution is -2.01. The van der Waals surface area contributed by atoms with Crippen LogP contribution < -0.4 is 0 Å². The SMILES string of the molecule is CC1C=Cc2sc3cc(-c4nc(-c5cccc6oc7ccccc7c56)nc(-c5cccc6c5c5c#cccc5n6-c5ccccc5)n4)ccc3c2C1. The predicted octanol–water partition coefficient (Wildman–Crippen LogP) is 11.9. The monoisotopic (exact) mass is 684 g/mol. The summed E-state index contributed by atoms with van der Waals surface area (Å²) in [5.74, 6) is 2.35. The predicted molar refractivity (Wildman–Crippen MR) is 213 cm³/mol. The van der Waals surface area contributed by atoms with Gasteiger partial charge in [0.05, 0.1) is 16.4 Å². The molecule has 0 radical (unpaired) electrons. The van der Waals surface area contributed by atoms with Gasteiger partial charge in [-0.15, -0.1) is 11.3 Å². The van der Waals surface area contributed by atoms with Gasteiger partial charge in [0.1, 0.15) is 11.2 Å². The Morgan fingerprint density at radius 2 is 1.48 bits per heavy atom. The lowest BCUT2D eigenvalue weighted by Gasteiger charge is -2.12. The van der Waals surface area contributed by atoms with Gasteiger partial charge in [0.25, 0.3) is 0 Å². The third-order valence-corrected chi connectivity index (χ3v) is 11.4. The van der Waals surface area contributed by atoms with Gasteiger partial charge in [-0.25, -0.2) is 15.0 Å². The van der Waals surface area contributed by atoms with E-state index < -0.39 is 0 Å². The first-order valence-corrected chi connectivity index (χ1v) is 18.3. The van der Waals surface area contributed by atoms with Crippen molar-refractivity contribution in [1.29, 1.82) is 0 Å². The fourth-order valence-electron chi connectivity index (χ4n) is 7.92. The van der Waals surface area contributed by atoms with Crippen LogP contribution in [0.15, 0.2) is 132 Å². The number of rotatable bonds is 4. The molecule has 6 aromatic carbocycles. The van der Waals surface area contributed by atoms with Crippen molar-refractivity contribution in [2.24, 2.45) is 5.92 Å². The lowest BCUT2D eigenvalue weighted by molar-refractivity contribution is 0.669. The molecule has 0 saturated heterocycles. The van der Waals surface area contributed by atoms with Gasteiger partial charge < -0.3 is 8.98 Å². The van der Waals surface area contributed by atoms with Crippen molar-refractivity contribution in [3.05, 3.63) is 150 Å². The van der Waals surface area contributed by atoms with Crippen LogP contribution in [0.3, 0.4) is 0 Å². The molecule has 1 unspecified atom stereocenters. The standard InChI is InChI=1S/C46H28N4OS/c1-27-21-24-40-35(25-27)30-23-22-28(26-41(30)52-40)44-47-45(49-46(48-44)34-16-10-20-39-43(34)32-14-6-8-19-38(32)51-39)33-15-9-18-37-42(33)31-13-5-7-17-36(31)50(37)29-11-3-2-4-12-29/h2-4,6-12,14-24,26-27H,25H2,1H3. The quantitative estimate of drug-likeness (QED) is 0.185. The zero-order valence-corrected chi connectivity index (χ0v) is 28.9. The van der Waals surface area contributed by atoms with Crippen molar-refractivity contribution in [2.75, 3.05) is 0 Å². The van der Waals surface area contributed by atoms with Crippen molar-refractivity contribution in [3.8, 4) is 39.9 Å². The molecular weight excluding hydrogens is 657 g/mol. The molecule has 1 aliphatic rings. The van der Waals surface area contributed by atoms with Crippen molar-refractivity contribution in [1.82, 2.24) is 19.5 Å². The molecule has 0 N–H and O–H groups in total. The maximum absolute atomic E-state index is 6.30. The van der Waals surface area contributed by atoms with E-state index in [1.165, 1.54) is 20.5 Å². The molecule has 0 spiro atoms. The van der Waals surface area contributed by atoms with Crippen LogP contribution in [0, 0.1) is 18.1 Å². The third kappa shape index (κ3) is 4.40. The smallest absolute Gasteiger partial charge is 0.164 e. The minimum atomic E-state index is 0.533. The normalized spacial score (nSPS) is 14.1. The molecule has 6 heteroatoms. The van der Waals surface area contributed by atoms with E-state index in [9.17, 15) is 0 Å². The zero-order chi connectivity index (χ0) is 34.3. The molecule has 11 rings (SSSR count). The van der Waals surface area contributed by atoms with E-state index in [1.54, 1.807) is 0 Å². The Morgan fingerprint density at radius 1 is 0.712 bits per heavy atom. The number of hydrogen-bond acceptors (Lipinski definition) is 5. The number of furan rings is 1. The third-order valence-electron chi connectivity index (χ3n) is 10.3. The summed E-state index contributed by atoms with van der Waals surface area (Å²) in [6.07, 6.45) is 5.65. The van der Waals surface area contributed by atoms with Crippen LogP contribution in [0.5, 0.6) is 0 Å². The van der Waals surface area contributed by atoms with E-state index >= 15 is 0 Å². The Hall–Kier alpha value is -6.55. The topological polar surface area (TPSA) is 56.7 Å². The van der Waals surface area contributed by atoms with E-state index in [-0.39, 0.29) is 0 Å². The molecule has 1 atom stereocenters. The average Bonchev–Trinajstić information content (AvgIpc) is 3.87. The summed E-state index contributed by atoms with van der Waals surface area (Å²) in [5, 5.41) is 5.33. The van der Waals surface area contributed by atoms with Gasteiger partial charge in [-0.3, -0.25) is 0 Å². The summed E-state index contributed by atoms with van der Waals surface area (Å²) < 4.78 is 9.83. The van der Waals surface area contributed by atoms with Gasteiger partial charge in [0.2, 0.25) is 0 Å². The molecule has 0 aliphatic heterocycles. The van der Waals surface area contributed by atoms with Gasteiger partial charge in [0.15, 0.2) is 17.5 Å². The Bertz CT molecular complexity index is 3080. The summed E-state index contributed by atoms with van der Waals surface area (Å²) in [6.45, 7) is 2.28.